The zero-order chi connectivity index (χ0) is 31.4. The Morgan fingerprint density at radius 2 is 1.31 bits per heavy atom. The van der Waals surface area contributed by atoms with Crippen molar-refractivity contribution in [1.29, 1.82) is 0 Å². The van der Waals surface area contributed by atoms with Crippen LogP contribution in [0, 0.1) is 12.1 Å². The van der Waals surface area contributed by atoms with Crippen molar-refractivity contribution in [2.45, 2.75) is 0 Å². The summed E-state index contributed by atoms with van der Waals surface area (Å²) < 4.78 is 6.63. The summed E-state index contributed by atoms with van der Waals surface area (Å²) in [5.74, 6) is 0. The minimum absolute atomic E-state index is 0. The van der Waals surface area contributed by atoms with Gasteiger partial charge in [-0.25, -0.2) is 0 Å². The van der Waals surface area contributed by atoms with Crippen LogP contribution in [0.2, 0.25) is 0 Å². The molecule has 0 amide bonds. The van der Waals surface area contributed by atoms with Crippen LogP contribution >= 0.6 is 0 Å². The summed E-state index contributed by atoms with van der Waals surface area (Å²) in [5, 5.41) is 4.39. The van der Waals surface area contributed by atoms with Crippen molar-refractivity contribution in [2.24, 2.45) is 0 Å². The van der Waals surface area contributed by atoms with Crippen molar-refractivity contribution in [1.82, 2.24) is 15.0 Å². The molecule has 0 aliphatic heterocycles. The molecule has 0 aliphatic carbocycles. The van der Waals surface area contributed by atoms with Crippen molar-refractivity contribution < 1.29 is 24.5 Å². The predicted molar refractivity (Wildman–Crippen MR) is 190 cm³/mol. The van der Waals surface area contributed by atoms with E-state index in [-0.39, 0.29) is 20.1 Å². The second-order valence-corrected chi connectivity index (χ2v) is 11.1. The first-order chi connectivity index (χ1) is 23.3. The molecular formula is C43H27IrN3O-2. The Kier molecular flexibility index (Phi) is 8.97. The summed E-state index contributed by atoms with van der Waals surface area (Å²) in [5.41, 5.74) is 9.79. The Morgan fingerprint density at radius 3 is 2.17 bits per heavy atom. The van der Waals surface area contributed by atoms with E-state index >= 15 is 0 Å². The number of pyridine rings is 3. The van der Waals surface area contributed by atoms with Crippen LogP contribution in [-0.4, -0.2) is 15.0 Å². The molecule has 9 rings (SSSR count). The van der Waals surface area contributed by atoms with Crippen LogP contribution in [0.25, 0.3) is 77.5 Å². The van der Waals surface area contributed by atoms with E-state index < -0.39 is 0 Å². The average molecular weight is 794 g/mol. The first kappa shape index (κ1) is 30.9. The van der Waals surface area contributed by atoms with Gasteiger partial charge in [-0.1, -0.05) is 95.9 Å². The Balaban J connectivity index is 0.000000237. The van der Waals surface area contributed by atoms with Crippen LogP contribution < -0.4 is 0 Å². The molecule has 1 radical (unpaired) electrons. The summed E-state index contributed by atoms with van der Waals surface area (Å²) in [7, 11) is 0. The fraction of sp³-hybridized carbons (Fsp3) is 0. The normalized spacial score (nSPS) is 10.8. The predicted octanol–water partition coefficient (Wildman–Crippen LogP) is 10.9. The zero-order valence-electron chi connectivity index (χ0n) is 25.7. The van der Waals surface area contributed by atoms with Gasteiger partial charge in [0, 0.05) is 61.2 Å². The molecule has 0 unspecified atom stereocenters. The Morgan fingerprint density at radius 1 is 0.500 bits per heavy atom. The summed E-state index contributed by atoms with van der Waals surface area (Å²) >= 11 is 0. The van der Waals surface area contributed by atoms with Crippen LogP contribution in [0.4, 0.5) is 0 Å². The quantitative estimate of drug-likeness (QED) is 0.167. The Bertz CT molecular complexity index is 2420. The SMILES string of the molecule is [Ir].[c-]1ccc2c(oc3c(-c4cccc5ccncc45)cccc32)c1-c1cc(-c2ccccc2)ccn1.[c-]1ccccc1-c1ccccn1. The molecule has 4 heterocycles. The molecule has 0 aliphatic rings. The molecule has 5 aromatic carbocycles. The van der Waals surface area contributed by atoms with Crippen molar-refractivity contribution in [3.05, 3.63) is 176 Å². The van der Waals surface area contributed by atoms with E-state index in [1.807, 2.05) is 97.5 Å². The Labute approximate surface area is 292 Å². The standard InChI is InChI=1S/C32H19N2O.C11H8N.Ir/c1-2-7-21(8-3-1)23-16-18-34-30(19-23)28-14-6-13-27-26-12-5-11-25(31(26)35-32(27)28)24-10-4-9-22-15-17-33-20-29(22)24;1-2-6-10(7-3-1)11-8-4-5-9-12-11;/h1-13,15-20H;1-6,8-9H;/q2*-1;. The largest absolute Gasteiger partial charge is 0.500 e. The van der Waals surface area contributed by atoms with Crippen LogP contribution in [0.5, 0.6) is 0 Å². The number of aromatic nitrogens is 3. The first-order valence-corrected chi connectivity index (χ1v) is 15.4. The fourth-order valence-electron chi connectivity index (χ4n) is 5.97. The van der Waals surface area contributed by atoms with E-state index in [0.29, 0.717) is 0 Å². The zero-order valence-corrected chi connectivity index (χ0v) is 28.1. The second kappa shape index (κ2) is 13.9. The van der Waals surface area contributed by atoms with Gasteiger partial charge in [-0.15, -0.1) is 54.1 Å². The van der Waals surface area contributed by atoms with Crippen molar-refractivity contribution >= 4 is 32.7 Å². The number of para-hydroxylation sites is 1. The molecule has 5 heteroatoms. The molecule has 0 spiro atoms. The molecule has 0 saturated carbocycles. The maximum absolute atomic E-state index is 6.63. The summed E-state index contributed by atoms with van der Waals surface area (Å²) in [6.07, 6.45) is 7.38. The van der Waals surface area contributed by atoms with Gasteiger partial charge in [-0.05, 0) is 51.7 Å². The smallest absolute Gasteiger partial charge is 0.128 e. The molecule has 0 saturated heterocycles. The monoisotopic (exact) mass is 794 g/mol. The number of furan rings is 1. The van der Waals surface area contributed by atoms with Crippen LogP contribution in [0.1, 0.15) is 0 Å². The van der Waals surface area contributed by atoms with Gasteiger partial charge in [-0.3, -0.25) is 4.98 Å². The van der Waals surface area contributed by atoms with Crippen molar-refractivity contribution in [3.8, 4) is 44.8 Å². The molecule has 231 valence electrons. The van der Waals surface area contributed by atoms with Gasteiger partial charge < -0.3 is 14.4 Å². The minimum atomic E-state index is 0. The van der Waals surface area contributed by atoms with Crippen LogP contribution in [0.15, 0.2) is 169 Å². The van der Waals surface area contributed by atoms with E-state index in [0.717, 1.165) is 77.5 Å². The minimum Gasteiger partial charge on any atom is -0.500 e. The molecule has 9 aromatic rings. The van der Waals surface area contributed by atoms with E-state index in [1.165, 1.54) is 0 Å². The molecular weight excluding hydrogens is 767 g/mol. The van der Waals surface area contributed by atoms with E-state index in [2.05, 4.69) is 87.7 Å². The van der Waals surface area contributed by atoms with Gasteiger partial charge in [0.05, 0.1) is 5.58 Å². The third kappa shape index (κ3) is 6.05. The number of benzene rings is 5. The molecule has 48 heavy (non-hydrogen) atoms. The van der Waals surface area contributed by atoms with Crippen LogP contribution in [0.3, 0.4) is 0 Å². The third-order valence-electron chi connectivity index (χ3n) is 8.21. The fourth-order valence-corrected chi connectivity index (χ4v) is 5.97. The van der Waals surface area contributed by atoms with Gasteiger partial charge in [0.1, 0.15) is 5.58 Å². The van der Waals surface area contributed by atoms with Gasteiger partial charge in [0.15, 0.2) is 0 Å². The maximum atomic E-state index is 6.63. The molecule has 0 bridgehead atoms. The molecule has 0 fully saturated rings. The van der Waals surface area contributed by atoms with Gasteiger partial charge >= 0.3 is 0 Å². The van der Waals surface area contributed by atoms with Crippen molar-refractivity contribution in [3.63, 3.8) is 0 Å². The molecule has 0 N–H and O–H groups in total. The number of hydrogen-bond donors (Lipinski definition) is 0. The first-order valence-electron chi connectivity index (χ1n) is 15.4. The van der Waals surface area contributed by atoms with E-state index in [4.69, 9.17) is 4.42 Å². The van der Waals surface area contributed by atoms with E-state index in [1.54, 1.807) is 6.20 Å². The number of fused-ring (bicyclic) bond motifs is 4. The molecule has 4 aromatic heterocycles. The van der Waals surface area contributed by atoms with Gasteiger partial charge in [0.25, 0.3) is 0 Å². The third-order valence-corrected chi connectivity index (χ3v) is 8.21. The Hall–Kier alpha value is -5.74. The summed E-state index contributed by atoms with van der Waals surface area (Å²) in [6.45, 7) is 0. The molecule has 4 nitrogen and oxygen atoms in total. The van der Waals surface area contributed by atoms with Crippen molar-refractivity contribution in [2.75, 3.05) is 0 Å². The maximum Gasteiger partial charge on any atom is 0.128 e. The van der Waals surface area contributed by atoms with E-state index in [9.17, 15) is 0 Å². The van der Waals surface area contributed by atoms with Gasteiger partial charge in [0.2, 0.25) is 0 Å². The molecule has 0 atom stereocenters. The van der Waals surface area contributed by atoms with Crippen LogP contribution in [-0.2, 0) is 20.1 Å². The average Bonchev–Trinajstić information content (AvgIpc) is 3.55. The summed E-state index contributed by atoms with van der Waals surface area (Å²) in [6, 6.07) is 53.4. The number of nitrogens with zero attached hydrogens (tertiary/aromatic N) is 3. The number of hydrogen-bond acceptors (Lipinski definition) is 4. The second-order valence-electron chi connectivity index (χ2n) is 11.1. The number of rotatable bonds is 4. The summed E-state index contributed by atoms with van der Waals surface area (Å²) in [4.78, 5) is 13.3. The topological polar surface area (TPSA) is 51.8 Å². The van der Waals surface area contributed by atoms with Gasteiger partial charge in [-0.2, -0.15) is 0 Å².